The van der Waals surface area contributed by atoms with Crippen molar-refractivity contribution in [3.63, 3.8) is 0 Å². The van der Waals surface area contributed by atoms with Crippen molar-refractivity contribution in [3.8, 4) is 10.6 Å². The maximum Gasteiger partial charge on any atom is 0.145 e. The number of fused-ring (bicyclic) bond motifs is 1. The first-order valence-corrected chi connectivity index (χ1v) is 8.32. The molecule has 3 N–H and O–H groups in total. The van der Waals surface area contributed by atoms with Gasteiger partial charge >= 0.3 is 0 Å². The van der Waals surface area contributed by atoms with Crippen molar-refractivity contribution in [1.29, 1.82) is 0 Å². The maximum atomic E-state index is 10.0. The molecule has 8 heteroatoms. The number of thiophene rings is 1. The molecule has 0 saturated carbocycles. The van der Waals surface area contributed by atoms with Crippen LogP contribution in [0.2, 0.25) is 5.02 Å². The van der Waals surface area contributed by atoms with Crippen LogP contribution in [0, 0.1) is 0 Å². The molecule has 0 aliphatic heterocycles. The third-order valence-electron chi connectivity index (χ3n) is 3.63. The van der Waals surface area contributed by atoms with Crippen LogP contribution >= 0.6 is 22.9 Å². The normalized spacial score (nSPS) is 15.7. The molecule has 0 radical (unpaired) electrons. The SMILES string of the molecule is CC(O)[C@@H](O)[C@@H](O)Cn1cc(Cl)c2c(-c3cccs3)ncnc21. The Morgan fingerprint density at radius 1 is 1.30 bits per heavy atom. The summed E-state index contributed by atoms with van der Waals surface area (Å²) in [6.07, 6.45) is -0.317. The highest BCUT2D eigenvalue weighted by Gasteiger charge is 2.23. The van der Waals surface area contributed by atoms with E-state index in [4.69, 9.17) is 11.6 Å². The zero-order valence-electron chi connectivity index (χ0n) is 12.3. The van der Waals surface area contributed by atoms with Crippen molar-refractivity contribution in [1.82, 2.24) is 14.5 Å². The number of aliphatic hydroxyl groups excluding tert-OH is 3. The highest BCUT2D eigenvalue weighted by Crippen LogP contribution is 2.34. The van der Waals surface area contributed by atoms with Crippen molar-refractivity contribution in [2.75, 3.05) is 0 Å². The second kappa shape index (κ2) is 6.54. The Balaban J connectivity index is 2.02. The van der Waals surface area contributed by atoms with Crippen LogP contribution in [0.25, 0.3) is 21.6 Å². The number of hydrogen-bond acceptors (Lipinski definition) is 6. The van der Waals surface area contributed by atoms with Gasteiger partial charge in [0.05, 0.1) is 33.6 Å². The molecule has 3 atom stereocenters. The topological polar surface area (TPSA) is 91.4 Å². The van der Waals surface area contributed by atoms with Gasteiger partial charge in [0.25, 0.3) is 0 Å². The number of hydrogen-bond donors (Lipinski definition) is 3. The van der Waals surface area contributed by atoms with Crippen LogP contribution < -0.4 is 0 Å². The fraction of sp³-hybridized carbons (Fsp3) is 0.333. The van der Waals surface area contributed by atoms with E-state index in [1.807, 2.05) is 17.5 Å². The Morgan fingerprint density at radius 3 is 2.74 bits per heavy atom. The van der Waals surface area contributed by atoms with Crippen molar-refractivity contribution >= 4 is 34.0 Å². The van der Waals surface area contributed by atoms with Crippen molar-refractivity contribution in [2.45, 2.75) is 31.8 Å². The monoisotopic (exact) mass is 353 g/mol. The molecule has 0 spiro atoms. The molecule has 0 aliphatic carbocycles. The largest absolute Gasteiger partial charge is 0.391 e. The Bertz CT molecular complexity index is 804. The predicted octanol–water partition coefficient (Wildman–Crippen LogP) is 1.92. The summed E-state index contributed by atoms with van der Waals surface area (Å²) in [5.74, 6) is 0. The van der Waals surface area contributed by atoms with E-state index in [1.165, 1.54) is 13.3 Å². The summed E-state index contributed by atoms with van der Waals surface area (Å²) in [6, 6.07) is 3.88. The van der Waals surface area contributed by atoms with Gasteiger partial charge in [0.15, 0.2) is 0 Å². The Hall–Kier alpha value is -1.51. The third kappa shape index (κ3) is 3.11. The average molecular weight is 354 g/mol. The van der Waals surface area contributed by atoms with Gasteiger partial charge < -0.3 is 19.9 Å². The molecular weight excluding hydrogens is 338 g/mol. The fourth-order valence-corrected chi connectivity index (χ4v) is 3.47. The Kier molecular flexibility index (Phi) is 4.65. The predicted molar refractivity (Wildman–Crippen MR) is 89.5 cm³/mol. The number of halogens is 1. The Morgan fingerprint density at radius 2 is 2.09 bits per heavy atom. The first-order chi connectivity index (χ1) is 11.0. The lowest BCUT2D eigenvalue weighted by atomic mass is 10.1. The van der Waals surface area contributed by atoms with Crippen LogP contribution in [0.1, 0.15) is 6.92 Å². The third-order valence-corrected chi connectivity index (χ3v) is 4.80. The molecule has 3 aromatic rings. The number of nitrogens with zero attached hydrogens (tertiary/aromatic N) is 3. The summed E-state index contributed by atoms with van der Waals surface area (Å²) in [6.45, 7) is 1.49. The minimum Gasteiger partial charge on any atom is -0.391 e. The van der Waals surface area contributed by atoms with Gasteiger partial charge in [0.1, 0.15) is 24.2 Å². The lowest BCUT2D eigenvalue weighted by molar-refractivity contribution is -0.0570. The van der Waals surface area contributed by atoms with E-state index in [-0.39, 0.29) is 6.54 Å². The minimum atomic E-state index is -1.25. The molecule has 0 fully saturated rings. The molecule has 1 unspecified atom stereocenters. The maximum absolute atomic E-state index is 10.0. The summed E-state index contributed by atoms with van der Waals surface area (Å²) < 4.78 is 1.66. The van der Waals surface area contributed by atoms with Crippen molar-refractivity contribution in [3.05, 3.63) is 35.1 Å². The zero-order chi connectivity index (χ0) is 16.6. The van der Waals surface area contributed by atoms with Crippen molar-refractivity contribution < 1.29 is 15.3 Å². The number of rotatable bonds is 5. The van der Waals surface area contributed by atoms with E-state index in [2.05, 4.69) is 9.97 Å². The smallest absolute Gasteiger partial charge is 0.145 e. The number of aliphatic hydroxyl groups is 3. The van der Waals surface area contributed by atoms with E-state index < -0.39 is 18.3 Å². The Labute approximate surface area is 141 Å². The van der Waals surface area contributed by atoms with Crippen LogP contribution in [0.3, 0.4) is 0 Å². The molecule has 0 saturated heterocycles. The minimum absolute atomic E-state index is 0.0657. The van der Waals surface area contributed by atoms with Crippen LogP contribution in [0.4, 0.5) is 0 Å². The molecule has 0 aliphatic rings. The molecule has 3 rings (SSSR count). The summed E-state index contributed by atoms with van der Waals surface area (Å²) in [5, 5.41) is 32.3. The molecule has 6 nitrogen and oxygen atoms in total. The van der Waals surface area contributed by atoms with Gasteiger partial charge in [-0.15, -0.1) is 11.3 Å². The van der Waals surface area contributed by atoms with Gasteiger partial charge in [0.2, 0.25) is 0 Å². The van der Waals surface area contributed by atoms with Crippen molar-refractivity contribution in [2.24, 2.45) is 0 Å². The van der Waals surface area contributed by atoms with Crippen LogP contribution in [-0.4, -0.2) is 48.2 Å². The second-order valence-electron chi connectivity index (χ2n) is 5.33. The first kappa shape index (κ1) is 16.4. The summed E-state index contributed by atoms with van der Waals surface area (Å²) >= 11 is 7.89. The van der Waals surface area contributed by atoms with E-state index in [0.717, 1.165) is 10.6 Å². The number of aromatic nitrogens is 3. The summed E-state index contributed by atoms with van der Waals surface area (Å²) in [7, 11) is 0. The van der Waals surface area contributed by atoms with Gasteiger partial charge in [-0.25, -0.2) is 9.97 Å². The molecule has 0 aromatic carbocycles. The van der Waals surface area contributed by atoms with Gasteiger partial charge in [-0.2, -0.15) is 0 Å². The fourth-order valence-electron chi connectivity index (χ4n) is 2.45. The molecule has 0 amide bonds. The van der Waals surface area contributed by atoms with E-state index >= 15 is 0 Å². The molecule has 3 heterocycles. The van der Waals surface area contributed by atoms with Crippen LogP contribution in [0.15, 0.2) is 30.0 Å². The molecular formula is C15H16ClN3O3S. The average Bonchev–Trinajstić information content (AvgIpc) is 3.15. The quantitative estimate of drug-likeness (QED) is 0.651. The standard InChI is InChI=1S/C15H16ClN3O3S/c1-8(20)14(22)10(21)6-19-5-9(16)12-13(11-3-2-4-23-11)17-7-18-15(12)19/h2-5,7-8,10,14,20-22H,6H2,1H3/t8?,10-,14+/m0/s1. The second-order valence-corrected chi connectivity index (χ2v) is 6.68. The van der Waals surface area contributed by atoms with E-state index in [9.17, 15) is 15.3 Å². The van der Waals surface area contributed by atoms with Crippen LogP contribution in [-0.2, 0) is 6.54 Å². The highest BCUT2D eigenvalue weighted by atomic mass is 35.5. The highest BCUT2D eigenvalue weighted by molar-refractivity contribution is 7.13. The van der Waals surface area contributed by atoms with Gasteiger partial charge in [0, 0.05) is 6.20 Å². The molecule has 23 heavy (non-hydrogen) atoms. The summed E-state index contributed by atoms with van der Waals surface area (Å²) in [5.41, 5.74) is 1.31. The summed E-state index contributed by atoms with van der Waals surface area (Å²) in [4.78, 5) is 9.54. The zero-order valence-corrected chi connectivity index (χ0v) is 13.9. The van der Waals surface area contributed by atoms with E-state index in [0.29, 0.717) is 16.1 Å². The molecule has 3 aromatic heterocycles. The molecule has 0 bridgehead atoms. The van der Waals surface area contributed by atoms with Gasteiger partial charge in [-0.05, 0) is 18.4 Å². The van der Waals surface area contributed by atoms with Gasteiger partial charge in [-0.3, -0.25) is 0 Å². The van der Waals surface area contributed by atoms with E-state index in [1.54, 1.807) is 22.1 Å². The lowest BCUT2D eigenvalue weighted by Gasteiger charge is -2.20. The molecule has 122 valence electrons. The lowest BCUT2D eigenvalue weighted by Crippen LogP contribution is -2.38. The first-order valence-electron chi connectivity index (χ1n) is 7.06. The van der Waals surface area contributed by atoms with Gasteiger partial charge in [-0.1, -0.05) is 17.7 Å². The van der Waals surface area contributed by atoms with Crippen LogP contribution in [0.5, 0.6) is 0 Å².